The third kappa shape index (κ3) is 2.49. The maximum atomic E-state index is 12.9. The first-order chi connectivity index (χ1) is 14.7. The molecule has 0 saturated heterocycles. The summed E-state index contributed by atoms with van der Waals surface area (Å²) >= 11 is 0. The predicted octanol–water partition coefficient (Wildman–Crippen LogP) is 7.64. The van der Waals surface area contributed by atoms with E-state index in [1.54, 1.807) is 0 Å². The van der Waals surface area contributed by atoms with E-state index in [1.165, 1.54) is 38.5 Å². The number of rotatable bonds is 0. The fourth-order valence-corrected chi connectivity index (χ4v) is 11.7. The molecule has 5 aliphatic carbocycles. The fourth-order valence-electron chi connectivity index (χ4n) is 11.7. The molecule has 0 aromatic carbocycles. The molecule has 2 heteroatoms. The van der Waals surface area contributed by atoms with E-state index >= 15 is 0 Å². The molecule has 5 aliphatic rings. The Hall–Kier alpha value is -0.660. The molecule has 0 N–H and O–H groups in total. The minimum atomic E-state index is -0.163. The summed E-state index contributed by atoms with van der Waals surface area (Å²) in [7, 11) is 0. The van der Waals surface area contributed by atoms with Gasteiger partial charge in [-0.05, 0) is 96.7 Å². The Labute approximate surface area is 197 Å². The smallest absolute Gasteiger partial charge is 0.138 e. The number of hydrogen-bond acceptors (Lipinski definition) is 2. The van der Waals surface area contributed by atoms with Crippen molar-refractivity contribution >= 4 is 11.6 Å². The standard InChI is InChI=1S/C30H48O2/c1-25(2)19-11-17-29(7)21(27(19,5)15-13-23(25)31)9-10-22-28(6)16-14-24(32)26(3,4)20(28)12-18-30(22,29)8/h19-22H,9-18H2,1-8H3. The highest BCUT2D eigenvalue weighted by Crippen LogP contribution is 2.77. The molecule has 0 aliphatic heterocycles. The van der Waals surface area contributed by atoms with Crippen molar-refractivity contribution in [3.63, 3.8) is 0 Å². The number of fused-ring (bicyclic) bond motifs is 7. The largest absolute Gasteiger partial charge is 0.299 e. The maximum Gasteiger partial charge on any atom is 0.138 e. The van der Waals surface area contributed by atoms with E-state index in [2.05, 4.69) is 55.4 Å². The zero-order valence-corrected chi connectivity index (χ0v) is 22.2. The number of carbonyl (C=O) groups excluding carboxylic acids is 2. The molecule has 8 unspecified atom stereocenters. The first-order valence-corrected chi connectivity index (χ1v) is 13.7. The number of hydrogen-bond donors (Lipinski definition) is 0. The summed E-state index contributed by atoms with van der Waals surface area (Å²) in [6, 6.07) is 0. The molecule has 0 amide bonds. The van der Waals surface area contributed by atoms with Crippen LogP contribution in [0, 0.1) is 56.2 Å². The first kappa shape index (κ1) is 23.1. The van der Waals surface area contributed by atoms with E-state index in [0.29, 0.717) is 34.2 Å². The van der Waals surface area contributed by atoms with Crippen LogP contribution in [0.1, 0.15) is 120 Å². The maximum absolute atomic E-state index is 12.9. The lowest BCUT2D eigenvalue weighted by Gasteiger charge is -2.74. The molecule has 0 aromatic rings. The second-order valence-electron chi connectivity index (χ2n) is 15.0. The Balaban J connectivity index is 1.55. The van der Waals surface area contributed by atoms with Crippen molar-refractivity contribution in [3.8, 4) is 0 Å². The average molecular weight is 441 g/mol. The Morgan fingerprint density at radius 2 is 0.844 bits per heavy atom. The SMILES string of the molecule is CC1(C)C(=O)CCC2(C)C1CCC1(C)C2CCC2C3(C)CCC(=O)C(C)(C)C3CCC21C. The normalized spacial score (nSPS) is 54.1. The summed E-state index contributed by atoms with van der Waals surface area (Å²) < 4.78 is 0. The Morgan fingerprint density at radius 3 is 1.19 bits per heavy atom. The lowest BCUT2D eigenvalue weighted by atomic mass is 9.30. The van der Waals surface area contributed by atoms with Gasteiger partial charge in [0, 0.05) is 23.7 Å². The minimum Gasteiger partial charge on any atom is -0.299 e. The predicted molar refractivity (Wildman–Crippen MR) is 130 cm³/mol. The van der Waals surface area contributed by atoms with Gasteiger partial charge in [-0.1, -0.05) is 55.4 Å². The van der Waals surface area contributed by atoms with Crippen LogP contribution in [0.4, 0.5) is 0 Å². The van der Waals surface area contributed by atoms with Gasteiger partial charge < -0.3 is 0 Å². The van der Waals surface area contributed by atoms with Gasteiger partial charge in [0.05, 0.1) is 0 Å². The first-order valence-electron chi connectivity index (χ1n) is 13.7. The van der Waals surface area contributed by atoms with Crippen LogP contribution >= 0.6 is 0 Å². The monoisotopic (exact) mass is 440 g/mol. The zero-order valence-electron chi connectivity index (χ0n) is 22.2. The van der Waals surface area contributed by atoms with Crippen LogP contribution in [0.3, 0.4) is 0 Å². The zero-order chi connectivity index (χ0) is 23.5. The highest BCUT2D eigenvalue weighted by atomic mass is 16.1. The summed E-state index contributed by atoms with van der Waals surface area (Å²) in [5.41, 5.74) is 0.942. The number of Topliss-reactive ketones (excluding diaryl/α,β-unsaturated/α-hetero) is 2. The van der Waals surface area contributed by atoms with Crippen molar-refractivity contribution in [2.24, 2.45) is 56.2 Å². The third-order valence-corrected chi connectivity index (χ3v) is 13.6. The molecule has 180 valence electrons. The van der Waals surface area contributed by atoms with Gasteiger partial charge in [-0.3, -0.25) is 9.59 Å². The lowest BCUT2D eigenvalue weighted by molar-refractivity contribution is -0.250. The van der Waals surface area contributed by atoms with E-state index in [9.17, 15) is 9.59 Å². The van der Waals surface area contributed by atoms with Crippen LogP contribution in [-0.2, 0) is 9.59 Å². The number of ketones is 2. The van der Waals surface area contributed by atoms with Crippen LogP contribution in [-0.4, -0.2) is 11.6 Å². The molecule has 5 rings (SSSR count). The van der Waals surface area contributed by atoms with Crippen LogP contribution in [0.25, 0.3) is 0 Å². The van der Waals surface area contributed by atoms with Crippen molar-refractivity contribution in [2.45, 2.75) is 120 Å². The fraction of sp³-hybridized carbons (Fsp3) is 0.933. The highest BCUT2D eigenvalue weighted by molar-refractivity contribution is 5.86. The van der Waals surface area contributed by atoms with Gasteiger partial charge in [0.2, 0.25) is 0 Å². The Bertz CT molecular complexity index is 783. The Morgan fingerprint density at radius 1 is 0.500 bits per heavy atom. The third-order valence-electron chi connectivity index (χ3n) is 13.6. The van der Waals surface area contributed by atoms with Crippen molar-refractivity contribution < 1.29 is 9.59 Å². The second-order valence-corrected chi connectivity index (χ2v) is 15.0. The molecule has 0 aromatic heterocycles. The van der Waals surface area contributed by atoms with Crippen molar-refractivity contribution in [3.05, 3.63) is 0 Å². The number of carbonyl (C=O) groups is 2. The highest BCUT2D eigenvalue weighted by Gasteiger charge is 2.71. The minimum absolute atomic E-state index is 0.163. The Kier molecular flexibility index (Phi) is 4.70. The summed E-state index contributed by atoms with van der Waals surface area (Å²) in [6.07, 6.45) is 11.4. The van der Waals surface area contributed by atoms with Crippen molar-refractivity contribution in [1.82, 2.24) is 0 Å². The molecule has 0 heterocycles. The van der Waals surface area contributed by atoms with Crippen LogP contribution < -0.4 is 0 Å². The molecule has 5 saturated carbocycles. The quantitative estimate of drug-likeness (QED) is 0.388. The van der Waals surface area contributed by atoms with Gasteiger partial charge in [-0.25, -0.2) is 0 Å². The van der Waals surface area contributed by atoms with Crippen LogP contribution in [0.5, 0.6) is 0 Å². The van der Waals surface area contributed by atoms with E-state index in [4.69, 9.17) is 0 Å². The van der Waals surface area contributed by atoms with Gasteiger partial charge in [0.15, 0.2) is 0 Å². The van der Waals surface area contributed by atoms with E-state index < -0.39 is 0 Å². The molecule has 0 bridgehead atoms. The van der Waals surface area contributed by atoms with E-state index in [-0.39, 0.29) is 21.7 Å². The van der Waals surface area contributed by atoms with Gasteiger partial charge in [0.25, 0.3) is 0 Å². The summed E-state index contributed by atoms with van der Waals surface area (Å²) in [5.74, 6) is 3.53. The second kappa shape index (κ2) is 6.51. The summed E-state index contributed by atoms with van der Waals surface area (Å²) in [4.78, 5) is 25.8. The topological polar surface area (TPSA) is 34.1 Å². The molecule has 32 heavy (non-hydrogen) atoms. The molecular weight excluding hydrogens is 392 g/mol. The molecule has 2 nitrogen and oxygen atoms in total. The van der Waals surface area contributed by atoms with Gasteiger partial charge in [-0.15, -0.1) is 0 Å². The van der Waals surface area contributed by atoms with Crippen molar-refractivity contribution in [1.29, 1.82) is 0 Å². The average Bonchev–Trinajstić information content (AvgIpc) is 2.69. The molecule has 8 atom stereocenters. The molecular formula is C30H48O2. The van der Waals surface area contributed by atoms with Crippen LogP contribution in [0.15, 0.2) is 0 Å². The van der Waals surface area contributed by atoms with E-state index in [0.717, 1.165) is 37.5 Å². The lowest BCUT2D eigenvalue weighted by Crippen LogP contribution is -2.68. The van der Waals surface area contributed by atoms with Crippen molar-refractivity contribution in [2.75, 3.05) is 0 Å². The summed E-state index contributed by atoms with van der Waals surface area (Å²) in [5, 5.41) is 0. The van der Waals surface area contributed by atoms with Gasteiger partial charge in [0.1, 0.15) is 11.6 Å². The van der Waals surface area contributed by atoms with Crippen LogP contribution in [0.2, 0.25) is 0 Å². The van der Waals surface area contributed by atoms with Gasteiger partial charge >= 0.3 is 0 Å². The molecule has 5 fully saturated rings. The molecule has 0 radical (unpaired) electrons. The van der Waals surface area contributed by atoms with E-state index in [1.807, 2.05) is 0 Å². The molecule has 0 spiro atoms. The van der Waals surface area contributed by atoms with Gasteiger partial charge in [-0.2, -0.15) is 0 Å². The summed E-state index contributed by atoms with van der Waals surface area (Å²) in [6.45, 7) is 19.5.